The number of amides is 1. The van der Waals surface area contributed by atoms with Crippen molar-refractivity contribution in [3.8, 4) is 0 Å². The average Bonchev–Trinajstić information content (AvgIpc) is 2.55. The Morgan fingerprint density at radius 2 is 2.06 bits per heavy atom. The molecule has 0 spiro atoms. The number of carbonyl (C=O) groups is 2. The van der Waals surface area contributed by atoms with Gasteiger partial charge in [-0.25, -0.2) is 4.79 Å². The van der Waals surface area contributed by atoms with E-state index in [-0.39, 0.29) is 12.5 Å². The zero-order chi connectivity index (χ0) is 12.3. The monoisotopic (exact) mass is 369 g/mol. The quantitative estimate of drug-likeness (QED) is 0.768. The van der Waals surface area contributed by atoms with Crippen LogP contribution < -0.4 is 0 Å². The van der Waals surface area contributed by atoms with E-state index in [1.807, 2.05) is 0 Å². The zero-order valence-corrected chi connectivity index (χ0v) is 12.6. The first-order valence-corrected chi connectivity index (χ1v) is 6.64. The largest absolute Gasteiger partial charge is 0.451 e. The predicted octanol–water partition coefficient (Wildman–Crippen LogP) is 2.52. The van der Waals surface area contributed by atoms with Crippen LogP contribution in [0, 0.1) is 0 Å². The number of thiophene rings is 1. The molecule has 1 aromatic heterocycles. The maximum Gasteiger partial charge on any atom is 0.348 e. The van der Waals surface area contributed by atoms with Crippen LogP contribution in [-0.4, -0.2) is 37.5 Å². The molecule has 1 rings (SSSR count). The average molecular weight is 371 g/mol. The first-order valence-electron chi connectivity index (χ1n) is 4.24. The molecular weight excluding hydrogens is 362 g/mol. The van der Waals surface area contributed by atoms with Gasteiger partial charge in [-0.15, -0.1) is 11.3 Å². The van der Waals surface area contributed by atoms with E-state index >= 15 is 0 Å². The molecule has 1 heterocycles. The second-order valence-corrected chi connectivity index (χ2v) is 6.32. The Morgan fingerprint density at radius 3 is 2.50 bits per heavy atom. The highest BCUT2D eigenvalue weighted by molar-refractivity contribution is 9.13. The van der Waals surface area contributed by atoms with Gasteiger partial charge >= 0.3 is 5.97 Å². The molecule has 0 saturated heterocycles. The summed E-state index contributed by atoms with van der Waals surface area (Å²) in [5.41, 5.74) is 0. The topological polar surface area (TPSA) is 46.6 Å². The second-order valence-electron chi connectivity index (χ2n) is 3.10. The fourth-order valence-corrected chi connectivity index (χ4v) is 2.70. The van der Waals surface area contributed by atoms with Gasteiger partial charge in [-0.1, -0.05) is 0 Å². The van der Waals surface area contributed by atoms with E-state index in [1.54, 1.807) is 20.2 Å². The van der Waals surface area contributed by atoms with E-state index in [1.165, 1.54) is 16.2 Å². The van der Waals surface area contributed by atoms with Gasteiger partial charge in [0.25, 0.3) is 5.91 Å². The molecular formula is C9H9Br2NO3S. The van der Waals surface area contributed by atoms with E-state index in [2.05, 4.69) is 31.9 Å². The third-order valence-electron chi connectivity index (χ3n) is 1.67. The van der Waals surface area contributed by atoms with Crippen molar-refractivity contribution in [2.24, 2.45) is 0 Å². The van der Waals surface area contributed by atoms with Gasteiger partial charge in [0.1, 0.15) is 4.88 Å². The van der Waals surface area contributed by atoms with Crippen LogP contribution in [0.1, 0.15) is 9.67 Å². The molecule has 7 heteroatoms. The SMILES string of the molecule is CN(C)C(=O)COC(=O)c1cc(Br)c(Br)s1. The van der Waals surface area contributed by atoms with Gasteiger partial charge in [0, 0.05) is 18.6 Å². The molecule has 0 radical (unpaired) electrons. The normalized spacial score (nSPS) is 10.0. The Balaban J connectivity index is 2.56. The molecule has 0 aliphatic carbocycles. The molecule has 88 valence electrons. The number of nitrogens with zero attached hydrogens (tertiary/aromatic N) is 1. The Hall–Kier alpha value is -0.400. The van der Waals surface area contributed by atoms with Crippen molar-refractivity contribution < 1.29 is 14.3 Å². The predicted molar refractivity (Wildman–Crippen MR) is 68.7 cm³/mol. The summed E-state index contributed by atoms with van der Waals surface area (Å²) in [4.78, 5) is 24.5. The minimum Gasteiger partial charge on any atom is -0.451 e. The molecule has 1 amide bonds. The van der Waals surface area contributed by atoms with Crippen LogP contribution >= 0.6 is 43.2 Å². The molecule has 0 fully saturated rings. The molecule has 0 aliphatic heterocycles. The highest BCUT2D eigenvalue weighted by Crippen LogP contribution is 2.32. The summed E-state index contributed by atoms with van der Waals surface area (Å²) < 4.78 is 6.47. The van der Waals surface area contributed by atoms with Crippen LogP contribution in [0.15, 0.2) is 14.3 Å². The van der Waals surface area contributed by atoms with Crippen LogP contribution in [0.25, 0.3) is 0 Å². The molecule has 1 aromatic rings. The smallest absolute Gasteiger partial charge is 0.348 e. The van der Waals surface area contributed by atoms with Gasteiger partial charge < -0.3 is 9.64 Å². The number of esters is 1. The molecule has 4 nitrogen and oxygen atoms in total. The summed E-state index contributed by atoms with van der Waals surface area (Å²) in [7, 11) is 3.21. The van der Waals surface area contributed by atoms with Crippen molar-refractivity contribution in [3.05, 3.63) is 19.2 Å². The lowest BCUT2D eigenvalue weighted by molar-refractivity contribution is -0.131. The van der Waals surface area contributed by atoms with Crippen molar-refractivity contribution >= 4 is 55.1 Å². The third-order valence-corrected chi connectivity index (χ3v) is 4.91. The Morgan fingerprint density at radius 1 is 1.44 bits per heavy atom. The van der Waals surface area contributed by atoms with Crippen molar-refractivity contribution in [1.29, 1.82) is 0 Å². The van der Waals surface area contributed by atoms with Crippen LogP contribution in [0.4, 0.5) is 0 Å². The lowest BCUT2D eigenvalue weighted by atomic mass is 10.5. The van der Waals surface area contributed by atoms with Crippen LogP contribution in [0.5, 0.6) is 0 Å². The van der Waals surface area contributed by atoms with Gasteiger partial charge in [-0.2, -0.15) is 0 Å². The summed E-state index contributed by atoms with van der Waals surface area (Å²) in [5, 5.41) is 0. The van der Waals surface area contributed by atoms with Gasteiger partial charge in [0.05, 0.1) is 3.79 Å². The summed E-state index contributed by atoms with van der Waals surface area (Å²) in [6.45, 7) is -0.237. The Bertz CT molecular complexity index is 397. The van der Waals surface area contributed by atoms with Crippen LogP contribution in [-0.2, 0) is 9.53 Å². The fourth-order valence-electron chi connectivity index (χ4n) is 0.775. The minimum atomic E-state index is -0.494. The number of hydrogen-bond donors (Lipinski definition) is 0. The third kappa shape index (κ3) is 3.57. The fraction of sp³-hybridized carbons (Fsp3) is 0.333. The number of hydrogen-bond acceptors (Lipinski definition) is 4. The molecule has 0 unspecified atom stereocenters. The maximum atomic E-state index is 11.5. The highest BCUT2D eigenvalue weighted by Gasteiger charge is 2.15. The summed E-state index contributed by atoms with van der Waals surface area (Å²) >= 11 is 7.80. The molecule has 0 bridgehead atoms. The zero-order valence-electron chi connectivity index (χ0n) is 8.62. The van der Waals surface area contributed by atoms with E-state index < -0.39 is 5.97 Å². The molecule has 0 atom stereocenters. The van der Waals surface area contributed by atoms with E-state index in [0.29, 0.717) is 4.88 Å². The second kappa shape index (κ2) is 5.79. The summed E-state index contributed by atoms with van der Waals surface area (Å²) in [6.07, 6.45) is 0. The lowest BCUT2D eigenvalue weighted by Gasteiger charge is -2.09. The van der Waals surface area contributed by atoms with Crippen molar-refractivity contribution in [2.45, 2.75) is 0 Å². The van der Waals surface area contributed by atoms with E-state index in [9.17, 15) is 9.59 Å². The minimum absolute atomic E-state index is 0.237. The van der Waals surface area contributed by atoms with Gasteiger partial charge in [0.15, 0.2) is 6.61 Å². The maximum absolute atomic E-state index is 11.5. The highest BCUT2D eigenvalue weighted by atomic mass is 79.9. The number of ether oxygens (including phenoxy) is 1. The molecule has 0 N–H and O–H groups in total. The summed E-state index contributed by atoms with van der Waals surface area (Å²) in [6, 6.07) is 1.65. The standard InChI is InChI=1S/C9H9Br2NO3S/c1-12(2)7(13)4-15-9(14)6-3-5(10)8(11)16-6/h3H,4H2,1-2H3. The number of likely N-dealkylation sites (N-methyl/N-ethyl adjacent to an activating group) is 1. The van der Waals surface area contributed by atoms with Crippen LogP contribution in [0.3, 0.4) is 0 Å². The number of carbonyl (C=O) groups excluding carboxylic acids is 2. The van der Waals surface area contributed by atoms with Crippen molar-refractivity contribution in [2.75, 3.05) is 20.7 Å². The molecule has 16 heavy (non-hydrogen) atoms. The van der Waals surface area contributed by atoms with Gasteiger partial charge in [0.2, 0.25) is 0 Å². The molecule has 0 aromatic carbocycles. The van der Waals surface area contributed by atoms with Gasteiger partial charge in [-0.3, -0.25) is 4.79 Å². The Kier molecular flexibility index (Phi) is 4.94. The number of rotatable bonds is 3. The lowest BCUT2D eigenvalue weighted by Crippen LogP contribution is -2.27. The van der Waals surface area contributed by atoms with Crippen molar-refractivity contribution in [1.82, 2.24) is 4.90 Å². The molecule has 0 aliphatic rings. The summed E-state index contributed by atoms with van der Waals surface area (Å²) in [5.74, 6) is -0.741. The van der Waals surface area contributed by atoms with E-state index in [0.717, 1.165) is 8.26 Å². The van der Waals surface area contributed by atoms with Gasteiger partial charge in [-0.05, 0) is 37.9 Å². The van der Waals surface area contributed by atoms with E-state index in [4.69, 9.17) is 4.74 Å². The Labute approximate surface area is 114 Å². The number of halogens is 2. The first kappa shape index (κ1) is 13.7. The van der Waals surface area contributed by atoms with Crippen molar-refractivity contribution in [3.63, 3.8) is 0 Å². The van der Waals surface area contributed by atoms with Crippen LogP contribution in [0.2, 0.25) is 0 Å². The molecule has 0 saturated carbocycles. The first-order chi connectivity index (χ1) is 7.41.